The number of nitrogens with zero attached hydrogens (tertiary/aromatic N) is 3. The van der Waals surface area contributed by atoms with E-state index < -0.39 is 0 Å². The minimum Gasteiger partial charge on any atom is -0.348 e. The normalized spacial score (nSPS) is 11.3. The molecule has 0 atom stereocenters. The van der Waals surface area contributed by atoms with E-state index in [-0.39, 0.29) is 5.91 Å². The second kappa shape index (κ2) is 8.14. The van der Waals surface area contributed by atoms with Crippen LogP contribution in [0.4, 0.5) is 0 Å². The van der Waals surface area contributed by atoms with E-state index in [0.717, 1.165) is 17.0 Å². The van der Waals surface area contributed by atoms with Gasteiger partial charge in [0, 0.05) is 13.1 Å². The van der Waals surface area contributed by atoms with Crippen molar-refractivity contribution in [2.24, 2.45) is 0 Å². The number of rotatable bonds is 6. The molecule has 7 heteroatoms. The van der Waals surface area contributed by atoms with Gasteiger partial charge in [0.2, 0.25) is 0 Å². The van der Waals surface area contributed by atoms with Gasteiger partial charge in [0.1, 0.15) is 0 Å². The molecular formula is C22H22N4O2S. The lowest BCUT2D eigenvalue weighted by atomic mass is 10.1. The number of hydrogen-bond acceptors (Lipinski definition) is 6. The number of aryl methyl sites for hydroxylation is 1. The minimum atomic E-state index is -0.168. The molecular weight excluding hydrogens is 384 g/mol. The number of aromatic nitrogens is 2. The molecule has 0 fully saturated rings. The van der Waals surface area contributed by atoms with Crippen molar-refractivity contribution in [3.63, 3.8) is 0 Å². The van der Waals surface area contributed by atoms with Crippen molar-refractivity contribution < 1.29 is 9.32 Å². The van der Waals surface area contributed by atoms with Gasteiger partial charge in [-0.1, -0.05) is 35.5 Å². The molecule has 0 aliphatic carbocycles. The van der Waals surface area contributed by atoms with Crippen LogP contribution in [0.25, 0.3) is 21.7 Å². The van der Waals surface area contributed by atoms with Gasteiger partial charge in [-0.15, -0.1) is 11.3 Å². The van der Waals surface area contributed by atoms with Crippen molar-refractivity contribution in [1.29, 1.82) is 0 Å². The average Bonchev–Trinajstić information content (AvgIpc) is 3.36. The topological polar surface area (TPSA) is 71.3 Å². The highest BCUT2D eigenvalue weighted by Gasteiger charge is 2.19. The van der Waals surface area contributed by atoms with Crippen LogP contribution >= 0.6 is 11.3 Å². The lowest BCUT2D eigenvalue weighted by molar-refractivity contribution is 0.0952. The molecule has 29 heavy (non-hydrogen) atoms. The first kappa shape index (κ1) is 19.3. The third kappa shape index (κ3) is 4.21. The van der Waals surface area contributed by atoms with E-state index in [1.165, 1.54) is 5.56 Å². The lowest BCUT2D eigenvalue weighted by Gasteiger charge is -2.11. The molecule has 0 saturated carbocycles. The molecule has 0 aliphatic rings. The van der Waals surface area contributed by atoms with Gasteiger partial charge < -0.3 is 14.7 Å². The van der Waals surface area contributed by atoms with Gasteiger partial charge in [-0.25, -0.2) is 4.98 Å². The minimum absolute atomic E-state index is 0.168. The number of carbonyl (C=O) groups excluding carboxylic acids is 1. The molecule has 0 aliphatic heterocycles. The largest absolute Gasteiger partial charge is 0.348 e. The fourth-order valence-corrected chi connectivity index (χ4v) is 3.92. The first-order valence-corrected chi connectivity index (χ1v) is 10.2. The van der Waals surface area contributed by atoms with Gasteiger partial charge in [0.25, 0.3) is 11.6 Å². The molecule has 4 rings (SSSR count). The maximum absolute atomic E-state index is 13.0. The molecule has 148 valence electrons. The van der Waals surface area contributed by atoms with Gasteiger partial charge in [0.05, 0.1) is 27.2 Å². The van der Waals surface area contributed by atoms with E-state index in [0.29, 0.717) is 34.6 Å². The lowest BCUT2D eigenvalue weighted by Crippen LogP contribution is -2.23. The van der Waals surface area contributed by atoms with Crippen molar-refractivity contribution in [2.45, 2.75) is 20.0 Å². The number of nitrogens with one attached hydrogen (secondary N) is 1. The Labute approximate surface area is 173 Å². The zero-order valence-corrected chi connectivity index (χ0v) is 17.4. The van der Waals surface area contributed by atoms with E-state index in [9.17, 15) is 4.79 Å². The van der Waals surface area contributed by atoms with Gasteiger partial charge in [0.15, 0.2) is 0 Å². The molecule has 6 nitrogen and oxygen atoms in total. The zero-order valence-electron chi connectivity index (χ0n) is 16.6. The van der Waals surface area contributed by atoms with Crippen LogP contribution in [0.2, 0.25) is 0 Å². The molecule has 4 aromatic rings. The van der Waals surface area contributed by atoms with Crippen molar-refractivity contribution in [3.05, 3.63) is 70.2 Å². The fraction of sp³-hybridized carbons (Fsp3) is 0.227. The Kier molecular flexibility index (Phi) is 5.42. The van der Waals surface area contributed by atoms with E-state index in [4.69, 9.17) is 4.52 Å². The monoisotopic (exact) mass is 406 g/mol. The summed E-state index contributed by atoms with van der Waals surface area (Å²) in [6, 6.07) is 14.0. The van der Waals surface area contributed by atoms with E-state index in [2.05, 4.69) is 32.5 Å². The van der Waals surface area contributed by atoms with E-state index in [1.807, 2.05) is 56.7 Å². The Bertz CT molecular complexity index is 1130. The van der Waals surface area contributed by atoms with Crippen LogP contribution < -0.4 is 5.32 Å². The highest BCUT2D eigenvalue weighted by atomic mass is 32.1. The summed E-state index contributed by atoms with van der Waals surface area (Å²) in [5, 5.41) is 9.64. The van der Waals surface area contributed by atoms with Gasteiger partial charge in [-0.3, -0.25) is 4.79 Å². The Hall–Kier alpha value is -3.03. The highest BCUT2D eigenvalue weighted by Crippen LogP contribution is 2.29. The highest BCUT2D eigenvalue weighted by molar-refractivity contribution is 7.13. The summed E-state index contributed by atoms with van der Waals surface area (Å²) >= 11 is 1.57. The van der Waals surface area contributed by atoms with Crippen LogP contribution in [0.3, 0.4) is 0 Å². The average molecular weight is 407 g/mol. The Morgan fingerprint density at radius 1 is 1.17 bits per heavy atom. The van der Waals surface area contributed by atoms with Crippen LogP contribution in [-0.2, 0) is 13.1 Å². The number of thiophene rings is 1. The predicted octanol–water partition coefficient (Wildman–Crippen LogP) is 4.25. The Balaban J connectivity index is 1.57. The predicted molar refractivity (Wildman–Crippen MR) is 115 cm³/mol. The number of pyridine rings is 1. The number of carbonyl (C=O) groups is 1. The van der Waals surface area contributed by atoms with Crippen LogP contribution in [0.5, 0.6) is 0 Å². The zero-order chi connectivity index (χ0) is 20.4. The van der Waals surface area contributed by atoms with E-state index in [1.54, 1.807) is 11.3 Å². The molecule has 0 spiro atoms. The number of amides is 1. The second-order valence-electron chi connectivity index (χ2n) is 7.22. The summed E-state index contributed by atoms with van der Waals surface area (Å²) in [7, 11) is 4.08. The van der Waals surface area contributed by atoms with Crippen LogP contribution in [-0.4, -0.2) is 35.0 Å². The van der Waals surface area contributed by atoms with Gasteiger partial charge in [-0.2, -0.15) is 0 Å². The first-order valence-electron chi connectivity index (χ1n) is 9.33. The molecule has 0 radical (unpaired) electrons. The molecule has 1 aromatic carbocycles. The molecule has 3 aromatic heterocycles. The van der Waals surface area contributed by atoms with Crippen LogP contribution in [0.15, 0.2) is 52.4 Å². The summed E-state index contributed by atoms with van der Waals surface area (Å²) in [6.07, 6.45) is 0. The van der Waals surface area contributed by atoms with E-state index >= 15 is 0 Å². The molecule has 0 unspecified atom stereocenters. The third-order valence-corrected chi connectivity index (χ3v) is 5.50. The summed E-state index contributed by atoms with van der Waals surface area (Å²) in [5.41, 5.74) is 4.56. The number of benzene rings is 1. The Morgan fingerprint density at radius 2 is 1.93 bits per heavy atom. The van der Waals surface area contributed by atoms with Crippen molar-refractivity contribution in [2.75, 3.05) is 14.1 Å². The maximum Gasteiger partial charge on any atom is 0.259 e. The SMILES string of the molecule is Cc1noc2nc(-c3cccs3)cc(C(=O)NCc3ccc(CN(C)C)cc3)c12. The molecule has 3 heterocycles. The number of fused-ring (bicyclic) bond motifs is 1. The molecule has 1 N–H and O–H groups in total. The second-order valence-corrected chi connectivity index (χ2v) is 8.17. The fourth-order valence-electron chi connectivity index (χ4n) is 3.23. The summed E-state index contributed by atoms with van der Waals surface area (Å²) in [5.74, 6) is -0.168. The maximum atomic E-state index is 13.0. The summed E-state index contributed by atoms with van der Waals surface area (Å²) in [4.78, 5) is 20.6. The first-order chi connectivity index (χ1) is 14.0. The molecule has 0 bridgehead atoms. The van der Waals surface area contributed by atoms with Crippen molar-refractivity contribution in [3.8, 4) is 10.6 Å². The van der Waals surface area contributed by atoms with Crippen molar-refractivity contribution in [1.82, 2.24) is 20.4 Å². The number of hydrogen-bond donors (Lipinski definition) is 1. The van der Waals surface area contributed by atoms with Gasteiger partial charge >= 0.3 is 0 Å². The van der Waals surface area contributed by atoms with Gasteiger partial charge in [-0.05, 0) is 49.7 Å². The third-order valence-electron chi connectivity index (χ3n) is 4.61. The Morgan fingerprint density at radius 3 is 2.62 bits per heavy atom. The van der Waals surface area contributed by atoms with Crippen LogP contribution in [0.1, 0.15) is 27.2 Å². The molecule has 0 saturated heterocycles. The van der Waals surface area contributed by atoms with Crippen LogP contribution in [0, 0.1) is 6.92 Å². The smallest absolute Gasteiger partial charge is 0.259 e. The summed E-state index contributed by atoms with van der Waals surface area (Å²) in [6.45, 7) is 3.15. The quantitative estimate of drug-likeness (QED) is 0.518. The summed E-state index contributed by atoms with van der Waals surface area (Å²) < 4.78 is 5.35. The molecule has 1 amide bonds. The van der Waals surface area contributed by atoms with Crippen molar-refractivity contribution >= 4 is 28.3 Å². The standard InChI is InChI=1S/C22H22N4O2S/c1-14-20-17(11-18(19-5-4-10-29-19)24-22(20)28-25-14)21(27)23-12-15-6-8-16(9-7-15)13-26(2)3/h4-11H,12-13H2,1-3H3,(H,23,27).